The van der Waals surface area contributed by atoms with Gasteiger partial charge in [-0.2, -0.15) is 0 Å². The van der Waals surface area contributed by atoms with Gasteiger partial charge in [-0.05, 0) is 6.92 Å². The summed E-state index contributed by atoms with van der Waals surface area (Å²) < 4.78 is 80.2. The predicted molar refractivity (Wildman–Crippen MR) is 56.9 cm³/mol. The van der Waals surface area contributed by atoms with Gasteiger partial charge in [0.25, 0.3) is 0 Å². The molecule has 0 bridgehead atoms. The van der Waals surface area contributed by atoms with E-state index in [0.717, 1.165) is 6.92 Å². The van der Waals surface area contributed by atoms with Gasteiger partial charge in [-0.3, -0.25) is 0 Å². The molecule has 0 N–H and O–H groups in total. The van der Waals surface area contributed by atoms with Crippen molar-refractivity contribution in [3.8, 4) is 0 Å². The van der Waals surface area contributed by atoms with Crippen molar-refractivity contribution in [3.05, 3.63) is 34.6 Å². The molecule has 0 aromatic heterocycles. The highest BCUT2D eigenvalue weighted by Gasteiger charge is 2.30. The first-order valence-corrected chi connectivity index (χ1v) is 6.48. The molecule has 0 fully saturated rings. The summed E-state index contributed by atoms with van der Waals surface area (Å²) in [5.74, 6) is -10.1. The van der Waals surface area contributed by atoms with E-state index in [4.69, 9.17) is 13.3 Å². The minimum Gasteiger partial charge on any atom is -0.379 e. The maximum absolute atomic E-state index is 13.4. The monoisotopic (exact) mass is 302 g/mol. The molecule has 19 heavy (non-hydrogen) atoms. The summed E-state index contributed by atoms with van der Waals surface area (Å²) in [6.07, 6.45) is -1.40. The lowest BCUT2D eigenvalue weighted by Crippen LogP contribution is -2.26. The highest BCUT2D eigenvalue weighted by atomic mass is 28.3. The molecule has 0 aliphatic rings. The molecular weight excluding hydrogens is 291 g/mol. The highest BCUT2D eigenvalue weighted by Crippen LogP contribution is 2.29. The van der Waals surface area contributed by atoms with Crippen molar-refractivity contribution in [2.45, 2.75) is 13.0 Å². The van der Waals surface area contributed by atoms with Crippen molar-refractivity contribution in [2.75, 3.05) is 14.2 Å². The Morgan fingerprint density at radius 3 is 1.53 bits per heavy atom. The van der Waals surface area contributed by atoms with E-state index in [2.05, 4.69) is 0 Å². The molecule has 3 nitrogen and oxygen atoms in total. The van der Waals surface area contributed by atoms with Crippen molar-refractivity contribution in [3.63, 3.8) is 0 Å². The van der Waals surface area contributed by atoms with Gasteiger partial charge in [0, 0.05) is 14.2 Å². The Bertz CT molecular complexity index is 438. The largest absolute Gasteiger partial charge is 0.484 e. The van der Waals surface area contributed by atoms with Gasteiger partial charge in [0.15, 0.2) is 23.3 Å². The van der Waals surface area contributed by atoms with Gasteiger partial charge >= 0.3 is 9.53 Å². The van der Waals surface area contributed by atoms with Crippen LogP contribution >= 0.6 is 0 Å². The molecule has 0 aliphatic heterocycles. The predicted octanol–water partition coefficient (Wildman–Crippen LogP) is 2.47. The topological polar surface area (TPSA) is 27.7 Å². The average Bonchev–Trinajstić information content (AvgIpc) is 2.40. The molecular formula is C10H11F5O3Si. The lowest BCUT2D eigenvalue weighted by atomic mass is 10.1. The molecule has 1 unspecified atom stereocenters. The van der Waals surface area contributed by atoms with Crippen LogP contribution in [-0.4, -0.2) is 23.7 Å². The third-order valence-electron chi connectivity index (χ3n) is 2.35. The van der Waals surface area contributed by atoms with Crippen molar-refractivity contribution >= 4 is 9.53 Å². The fourth-order valence-corrected chi connectivity index (χ4v) is 2.30. The van der Waals surface area contributed by atoms with Gasteiger partial charge in [0.05, 0.1) is 11.7 Å². The second kappa shape index (κ2) is 6.42. The minimum absolute atomic E-state index is 1.05. The average molecular weight is 302 g/mol. The Balaban J connectivity index is 3.20. The maximum Gasteiger partial charge on any atom is 0.484 e. The molecule has 0 saturated heterocycles. The van der Waals surface area contributed by atoms with E-state index < -0.39 is 50.3 Å². The van der Waals surface area contributed by atoms with Crippen LogP contribution in [0, 0.1) is 29.1 Å². The standard InChI is InChI=1S/C10H11F5O3Si/c1-4(18-19(16-2)17-3)5-6(11)8(13)10(15)9(14)7(5)12/h4,19H,1-3H3. The van der Waals surface area contributed by atoms with Gasteiger partial charge in [0.2, 0.25) is 5.82 Å². The molecule has 0 amide bonds. The molecule has 0 aliphatic carbocycles. The molecule has 1 rings (SSSR count). The van der Waals surface area contributed by atoms with Crippen molar-refractivity contribution in [1.29, 1.82) is 0 Å². The van der Waals surface area contributed by atoms with Crippen LogP contribution in [-0.2, 0) is 13.3 Å². The van der Waals surface area contributed by atoms with E-state index in [0.29, 0.717) is 0 Å². The van der Waals surface area contributed by atoms with Crippen molar-refractivity contribution in [2.24, 2.45) is 0 Å². The van der Waals surface area contributed by atoms with Crippen molar-refractivity contribution < 1.29 is 35.2 Å². The van der Waals surface area contributed by atoms with Gasteiger partial charge in [-0.1, -0.05) is 0 Å². The van der Waals surface area contributed by atoms with Crippen LogP contribution < -0.4 is 0 Å². The number of hydrogen-bond donors (Lipinski definition) is 0. The molecule has 0 spiro atoms. The van der Waals surface area contributed by atoms with Crippen LogP contribution in [0.2, 0.25) is 0 Å². The lowest BCUT2D eigenvalue weighted by molar-refractivity contribution is 0.0901. The Kier molecular flexibility index (Phi) is 5.41. The van der Waals surface area contributed by atoms with E-state index in [1.165, 1.54) is 14.2 Å². The molecule has 9 heteroatoms. The van der Waals surface area contributed by atoms with Gasteiger partial charge < -0.3 is 13.3 Å². The summed E-state index contributed by atoms with van der Waals surface area (Å²) in [4.78, 5) is 0. The number of benzene rings is 1. The second-order valence-corrected chi connectivity index (χ2v) is 5.31. The SMILES string of the molecule is CO[SiH](OC)OC(C)c1c(F)c(F)c(F)c(F)c1F. The summed E-state index contributed by atoms with van der Waals surface area (Å²) in [5, 5.41) is 0. The third-order valence-corrected chi connectivity index (χ3v) is 3.75. The number of halogens is 5. The Labute approximate surface area is 107 Å². The second-order valence-electron chi connectivity index (χ2n) is 3.52. The molecule has 1 aromatic rings. The third kappa shape index (κ3) is 3.11. The first-order valence-electron chi connectivity index (χ1n) is 5.07. The number of rotatable bonds is 5. The van der Waals surface area contributed by atoms with Gasteiger partial charge in [-0.25, -0.2) is 22.0 Å². The minimum atomic E-state index is -2.68. The molecule has 0 radical (unpaired) electrons. The van der Waals surface area contributed by atoms with Crippen LogP contribution in [0.4, 0.5) is 22.0 Å². The van der Waals surface area contributed by atoms with E-state index in [9.17, 15) is 22.0 Å². The molecule has 1 aromatic carbocycles. The Morgan fingerprint density at radius 2 is 1.16 bits per heavy atom. The first-order chi connectivity index (χ1) is 8.84. The highest BCUT2D eigenvalue weighted by molar-refractivity contribution is 6.36. The molecule has 0 heterocycles. The van der Waals surface area contributed by atoms with Crippen LogP contribution in [0.25, 0.3) is 0 Å². The van der Waals surface area contributed by atoms with E-state index in [-0.39, 0.29) is 0 Å². The number of hydrogen-bond acceptors (Lipinski definition) is 3. The zero-order valence-electron chi connectivity index (χ0n) is 10.3. The fourth-order valence-electron chi connectivity index (χ4n) is 1.42. The summed E-state index contributed by atoms with van der Waals surface area (Å²) in [5.41, 5.74) is -1.05. The summed E-state index contributed by atoms with van der Waals surface area (Å²) in [7, 11) is -0.193. The maximum atomic E-state index is 13.4. The Hall–Kier alpha value is -1.03. The van der Waals surface area contributed by atoms with Crippen LogP contribution in [0.3, 0.4) is 0 Å². The van der Waals surface area contributed by atoms with Gasteiger partial charge in [0.1, 0.15) is 0 Å². The fraction of sp³-hybridized carbons (Fsp3) is 0.400. The summed E-state index contributed by atoms with van der Waals surface area (Å²) >= 11 is 0. The zero-order valence-corrected chi connectivity index (χ0v) is 11.4. The van der Waals surface area contributed by atoms with E-state index in [1.807, 2.05) is 0 Å². The van der Waals surface area contributed by atoms with Crippen LogP contribution in [0.15, 0.2) is 0 Å². The van der Waals surface area contributed by atoms with Gasteiger partial charge in [-0.15, -0.1) is 0 Å². The van der Waals surface area contributed by atoms with Crippen LogP contribution in [0.1, 0.15) is 18.6 Å². The quantitative estimate of drug-likeness (QED) is 0.362. The van der Waals surface area contributed by atoms with E-state index in [1.54, 1.807) is 0 Å². The lowest BCUT2D eigenvalue weighted by Gasteiger charge is -2.19. The first kappa shape index (κ1) is 16.0. The Morgan fingerprint density at radius 1 is 0.789 bits per heavy atom. The van der Waals surface area contributed by atoms with Crippen molar-refractivity contribution in [1.82, 2.24) is 0 Å². The smallest absolute Gasteiger partial charge is 0.379 e. The molecule has 108 valence electrons. The zero-order chi connectivity index (χ0) is 14.7. The summed E-state index contributed by atoms with van der Waals surface area (Å²) in [6, 6.07) is 0. The van der Waals surface area contributed by atoms with Crippen LogP contribution in [0.5, 0.6) is 0 Å². The molecule has 0 saturated carbocycles. The molecule has 1 atom stereocenters. The normalized spacial score (nSPS) is 13.1. The summed E-state index contributed by atoms with van der Waals surface area (Å²) in [6.45, 7) is 1.14. The van der Waals surface area contributed by atoms with E-state index >= 15 is 0 Å².